The summed E-state index contributed by atoms with van der Waals surface area (Å²) in [5.74, 6) is -9.52. The Balaban J connectivity index is 0.000000457. The number of H-pyrrole nitrogens is 1. The van der Waals surface area contributed by atoms with Crippen LogP contribution in [0.15, 0.2) is 37.1 Å². The lowest BCUT2D eigenvalue weighted by molar-refractivity contribution is -0.193. The molecular weight excluding hydrogens is 928 g/mol. The molecule has 4 aromatic heterocycles. The number of carboxylic acids is 3. The molecule has 0 atom stereocenters. The normalized spacial score (nSPS) is 17.4. The van der Waals surface area contributed by atoms with Gasteiger partial charge in [0.05, 0.1) is 36.7 Å². The molecular formula is C36H38F12N10O8. The monoisotopic (exact) mass is 966 g/mol. The van der Waals surface area contributed by atoms with Crippen LogP contribution in [0.5, 0.6) is 5.88 Å². The van der Waals surface area contributed by atoms with E-state index in [-0.39, 0.29) is 30.3 Å². The first-order chi connectivity index (χ1) is 30.5. The number of aromatic nitrogens is 7. The Morgan fingerprint density at radius 1 is 0.909 bits per heavy atom. The summed E-state index contributed by atoms with van der Waals surface area (Å²) in [5, 5.41) is 36.6. The van der Waals surface area contributed by atoms with Crippen LogP contribution in [0, 0.1) is 11.3 Å². The highest BCUT2D eigenvalue weighted by atomic mass is 19.4. The predicted octanol–water partition coefficient (Wildman–Crippen LogP) is 5.92. The number of hydrogen-bond donors (Lipinski definition) is 4. The number of methoxy groups -OCH3 is 1. The van der Waals surface area contributed by atoms with Crippen molar-refractivity contribution in [3.05, 3.63) is 48.6 Å². The summed E-state index contributed by atoms with van der Waals surface area (Å²) >= 11 is 0. The lowest BCUT2D eigenvalue weighted by Gasteiger charge is -2.53. The molecule has 6 rings (SSSR count). The Morgan fingerprint density at radius 2 is 1.47 bits per heavy atom. The molecule has 1 aliphatic heterocycles. The highest BCUT2D eigenvalue weighted by Crippen LogP contribution is 2.39. The van der Waals surface area contributed by atoms with E-state index in [0.29, 0.717) is 45.5 Å². The zero-order valence-corrected chi connectivity index (χ0v) is 34.1. The lowest BCUT2D eigenvalue weighted by atomic mass is 9.82. The molecule has 0 aromatic carbocycles. The molecule has 0 bridgehead atoms. The number of nitriles is 1. The van der Waals surface area contributed by atoms with E-state index in [1.165, 1.54) is 12.4 Å². The molecule has 0 radical (unpaired) electrons. The number of carbonyl (C=O) groups is 3. The summed E-state index contributed by atoms with van der Waals surface area (Å²) in [4.78, 5) is 50.1. The number of aliphatic carboxylic acids is 3. The van der Waals surface area contributed by atoms with Gasteiger partial charge in [0.1, 0.15) is 23.6 Å². The molecule has 0 amide bonds. The number of fused-ring (bicyclic) bond motifs is 1. The van der Waals surface area contributed by atoms with E-state index in [1.807, 2.05) is 28.0 Å². The van der Waals surface area contributed by atoms with Crippen molar-refractivity contribution in [3.63, 3.8) is 0 Å². The van der Waals surface area contributed by atoms with Crippen molar-refractivity contribution in [1.29, 1.82) is 5.26 Å². The molecule has 66 heavy (non-hydrogen) atoms. The van der Waals surface area contributed by atoms with Crippen LogP contribution in [0.3, 0.4) is 0 Å². The second kappa shape index (κ2) is 22.2. The molecule has 2 fully saturated rings. The zero-order valence-electron chi connectivity index (χ0n) is 34.1. The van der Waals surface area contributed by atoms with Crippen molar-refractivity contribution in [3.8, 4) is 23.2 Å². The highest BCUT2D eigenvalue weighted by Gasteiger charge is 2.48. The van der Waals surface area contributed by atoms with E-state index in [0.717, 1.165) is 35.1 Å². The second-order valence-corrected chi connectivity index (χ2v) is 14.3. The molecule has 1 saturated carbocycles. The minimum atomic E-state index is -5.08. The SMILES string of the molecule is COCCN(C)Cc1cc(OC2CCC(N3CC(CC#N)(n4cc(-c5ncnc6[nH]ccc56)cn4)C3)CC2)nc(C(F)(F)F)n1.O=C(O)C(F)(F)F.O=C(O)C(F)(F)F.O=C(O)C(F)(F)F. The number of likely N-dealkylation sites (tertiary alicyclic amines) is 1. The van der Waals surface area contributed by atoms with Crippen LogP contribution in [0.2, 0.25) is 0 Å². The van der Waals surface area contributed by atoms with Gasteiger partial charge in [0.15, 0.2) is 0 Å². The molecule has 5 heterocycles. The summed E-state index contributed by atoms with van der Waals surface area (Å²) in [6.07, 6.45) is -9.75. The van der Waals surface area contributed by atoms with Crippen LogP contribution >= 0.6 is 0 Å². The number of nitrogens with one attached hydrogen (secondary N) is 1. The fourth-order valence-corrected chi connectivity index (χ4v) is 6.30. The molecule has 1 saturated heterocycles. The van der Waals surface area contributed by atoms with Gasteiger partial charge < -0.3 is 29.8 Å². The summed E-state index contributed by atoms with van der Waals surface area (Å²) in [6.45, 7) is 2.59. The topological polar surface area (TPSA) is 246 Å². The summed E-state index contributed by atoms with van der Waals surface area (Å²) in [7, 11) is 3.37. The summed E-state index contributed by atoms with van der Waals surface area (Å²) in [6, 6.07) is 6.06. The van der Waals surface area contributed by atoms with E-state index in [4.69, 9.17) is 39.2 Å². The molecule has 0 unspecified atom stereocenters. The quantitative estimate of drug-likeness (QED) is 0.127. The third-order valence-corrected chi connectivity index (χ3v) is 9.39. The number of aromatic amines is 1. The molecule has 18 nitrogen and oxygen atoms in total. The molecule has 364 valence electrons. The Hall–Kier alpha value is -6.35. The maximum atomic E-state index is 13.6. The number of halogens is 12. The highest BCUT2D eigenvalue weighted by molar-refractivity contribution is 5.90. The van der Waals surface area contributed by atoms with Crippen molar-refractivity contribution in [2.24, 2.45) is 0 Å². The van der Waals surface area contributed by atoms with E-state index in [9.17, 15) is 57.9 Å². The van der Waals surface area contributed by atoms with Gasteiger partial charge in [-0.05, 0) is 38.8 Å². The average Bonchev–Trinajstić information content (AvgIpc) is 3.89. The third-order valence-electron chi connectivity index (χ3n) is 9.39. The van der Waals surface area contributed by atoms with Crippen molar-refractivity contribution >= 4 is 28.9 Å². The van der Waals surface area contributed by atoms with Crippen molar-refractivity contribution in [2.75, 3.05) is 40.4 Å². The number of hydrogen-bond acceptors (Lipinski definition) is 13. The van der Waals surface area contributed by atoms with E-state index < -0.39 is 54.0 Å². The molecule has 30 heteroatoms. The summed E-state index contributed by atoms with van der Waals surface area (Å²) < 4.78 is 149. The molecule has 1 aliphatic carbocycles. The standard InChI is InChI=1S/C30H35F3N10O2.3C2HF3O2/c1-41(11-12-44-2)16-21-13-25(40-28(39-21)30(31,32)33)45-23-5-3-22(4-6-23)42-17-29(18-42,8-9-34)43-15-20(14-38-43)26-24-7-10-35-27(24)37-19-36-26;3*3-2(4,5)1(6)7/h7,10,13-15,19,22-23H,3-6,8,11-12,16-18H2,1-2H3,(H,35,36,37);3*(H,6,7). The minimum Gasteiger partial charge on any atom is -0.475 e. The van der Waals surface area contributed by atoms with Gasteiger partial charge >= 0.3 is 42.6 Å². The number of carboxylic acid groups (broad SMARTS) is 3. The maximum absolute atomic E-state index is 13.6. The van der Waals surface area contributed by atoms with Gasteiger partial charge in [-0.2, -0.15) is 68.0 Å². The number of alkyl halides is 12. The van der Waals surface area contributed by atoms with Crippen LogP contribution in [0.4, 0.5) is 52.7 Å². The van der Waals surface area contributed by atoms with E-state index >= 15 is 0 Å². The minimum absolute atomic E-state index is 0.0528. The van der Waals surface area contributed by atoms with E-state index in [2.05, 4.69) is 41.0 Å². The van der Waals surface area contributed by atoms with Gasteiger partial charge in [0, 0.05) is 68.7 Å². The first kappa shape index (κ1) is 54.0. The summed E-state index contributed by atoms with van der Waals surface area (Å²) in [5.41, 5.74) is 2.20. The fraction of sp³-hybridized carbons (Fsp3) is 0.528. The third kappa shape index (κ3) is 15.7. The Morgan fingerprint density at radius 3 is 1.97 bits per heavy atom. The van der Waals surface area contributed by atoms with Crippen molar-refractivity contribution in [1.82, 2.24) is 44.5 Å². The first-order valence-corrected chi connectivity index (χ1v) is 18.6. The number of likely N-dealkylation sites (N-methyl/N-ethyl adjacent to an activating group) is 1. The van der Waals surface area contributed by atoms with Gasteiger partial charge in [-0.15, -0.1) is 0 Å². The van der Waals surface area contributed by atoms with Crippen molar-refractivity contribution < 1.29 is 91.9 Å². The van der Waals surface area contributed by atoms with Gasteiger partial charge in [-0.1, -0.05) is 0 Å². The van der Waals surface area contributed by atoms with Crippen LogP contribution in [-0.2, 0) is 37.4 Å². The zero-order chi connectivity index (χ0) is 49.8. The fourth-order valence-electron chi connectivity index (χ4n) is 6.30. The van der Waals surface area contributed by atoms with Crippen LogP contribution < -0.4 is 4.74 Å². The lowest BCUT2D eigenvalue weighted by Crippen LogP contribution is -2.65. The van der Waals surface area contributed by atoms with Crippen LogP contribution in [-0.4, -0.2) is 149 Å². The second-order valence-electron chi connectivity index (χ2n) is 14.3. The van der Waals surface area contributed by atoms with E-state index in [1.54, 1.807) is 20.4 Å². The molecule has 2 aliphatic rings. The molecule has 0 spiro atoms. The Kier molecular flexibility index (Phi) is 18.2. The van der Waals surface area contributed by atoms with Gasteiger partial charge in [-0.25, -0.2) is 29.3 Å². The smallest absolute Gasteiger partial charge is 0.475 e. The van der Waals surface area contributed by atoms with Gasteiger partial charge in [0.25, 0.3) is 0 Å². The average molecular weight is 967 g/mol. The Bertz CT molecular complexity index is 2220. The number of rotatable bonds is 11. The number of ether oxygens (including phenoxy) is 2. The largest absolute Gasteiger partial charge is 0.490 e. The first-order valence-electron chi connectivity index (χ1n) is 18.6. The van der Waals surface area contributed by atoms with Crippen LogP contribution in [0.1, 0.15) is 43.6 Å². The van der Waals surface area contributed by atoms with Crippen LogP contribution in [0.25, 0.3) is 22.3 Å². The predicted molar refractivity (Wildman–Crippen MR) is 198 cm³/mol. The molecule has 4 aromatic rings. The van der Waals surface area contributed by atoms with Crippen molar-refractivity contribution in [2.45, 2.75) is 81.0 Å². The van der Waals surface area contributed by atoms with Gasteiger partial charge in [-0.3, -0.25) is 14.5 Å². The molecule has 4 N–H and O–H groups in total. The Labute approximate surface area is 363 Å². The van der Waals surface area contributed by atoms with Gasteiger partial charge in [0.2, 0.25) is 11.7 Å². The number of nitrogens with zero attached hydrogens (tertiary/aromatic N) is 9. The maximum Gasteiger partial charge on any atom is 0.490 e.